The molecular formula is C35H42ClF3N8O4. The lowest BCUT2D eigenvalue weighted by Gasteiger charge is -2.42. The van der Waals surface area contributed by atoms with Gasteiger partial charge in [0.15, 0.2) is 5.82 Å². The lowest BCUT2D eigenvalue weighted by atomic mass is 9.98. The zero-order valence-corrected chi connectivity index (χ0v) is 29.0. The molecule has 0 saturated carbocycles. The van der Waals surface area contributed by atoms with Crippen molar-refractivity contribution in [1.29, 1.82) is 0 Å². The molecule has 274 valence electrons. The summed E-state index contributed by atoms with van der Waals surface area (Å²) in [7, 11) is 2.15. The molecule has 5 heterocycles. The molecule has 0 aliphatic carbocycles. The first-order valence-electron chi connectivity index (χ1n) is 17.5. The Kier molecular flexibility index (Phi) is 9.80. The van der Waals surface area contributed by atoms with Gasteiger partial charge < -0.3 is 25.1 Å². The topological polar surface area (TPSA) is 130 Å². The third-order valence-electron chi connectivity index (χ3n) is 11.1. The molecule has 4 saturated heterocycles. The van der Waals surface area contributed by atoms with Gasteiger partial charge in [-0.3, -0.25) is 14.7 Å². The number of piperazine rings is 1. The van der Waals surface area contributed by atoms with E-state index in [0.29, 0.717) is 49.9 Å². The van der Waals surface area contributed by atoms with Gasteiger partial charge in [-0.2, -0.15) is 13.2 Å². The van der Waals surface area contributed by atoms with Crippen LogP contribution in [0.25, 0.3) is 11.4 Å². The van der Waals surface area contributed by atoms with Gasteiger partial charge >= 0.3 is 17.9 Å². The van der Waals surface area contributed by atoms with E-state index in [-0.39, 0.29) is 42.7 Å². The van der Waals surface area contributed by atoms with E-state index in [0.717, 1.165) is 44.0 Å². The van der Waals surface area contributed by atoms with Gasteiger partial charge in [0.2, 0.25) is 5.91 Å². The molecule has 0 spiro atoms. The number of hydrogen-bond donors (Lipinski definition) is 3. The molecule has 0 radical (unpaired) electrons. The Labute approximate surface area is 298 Å². The fraction of sp³-hybridized carbons (Fsp3) is 0.543. The number of rotatable bonds is 7. The fourth-order valence-electron chi connectivity index (χ4n) is 8.27. The number of likely N-dealkylation sites (N-methyl/N-ethyl adjacent to an activating group) is 1. The van der Waals surface area contributed by atoms with Gasteiger partial charge in [0.25, 0.3) is 0 Å². The molecule has 2 unspecified atom stereocenters. The first kappa shape index (κ1) is 35.3. The molecule has 4 aliphatic heterocycles. The Morgan fingerprint density at radius 3 is 2.27 bits per heavy atom. The number of phenolic OH excluding ortho intramolecular Hbond substituents is 1. The molecule has 2 aromatic carbocycles. The smallest absolute Gasteiger partial charge is 0.420 e. The van der Waals surface area contributed by atoms with Gasteiger partial charge in [-0.1, -0.05) is 41.9 Å². The highest BCUT2D eigenvalue weighted by atomic mass is 35.5. The maximum atomic E-state index is 14.1. The molecule has 7 rings (SSSR count). The number of carbonyl (C=O) groups excluding carboxylic acids is 2. The quantitative estimate of drug-likeness (QED) is 0.336. The van der Waals surface area contributed by atoms with Gasteiger partial charge in [-0.05, 0) is 56.8 Å². The summed E-state index contributed by atoms with van der Waals surface area (Å²) in [6, 6.07) is 10.7. The van der Waals surface area contributed by atoms with E-state index in [1.165, 1.54) is 10.7 Å². The average molecular weight is 731 g/mol. The molecule has 3 aromatic rings. The average Bonchev–Trinajstić information content (AvgIpc) is 3.83. The number of amides is 3. The third kappa shape index (κ3) is 7.33. The number of benzene rings is 2. The Bertz CT molecular complexity index is 1800. The summed E-state index contributed by atoms with van der Waals surface area (Å²) in [4.78, 5) is 51.5. The minimum absolute atomic E-state index is 0.0571. The summed E-state index contributed by atoms with van der Waals surface area (Å²) in [5.41, 5.74) is -0.818. The van der Waals surface area contributed by atoms with Gasteiger partial charge in [0.05, 0.1) is 16.6 Å². The van der Waals surface area contributed by atoms with Crippen molar-refractivity contribution in [2.24, 2.45) is 0 Å². The van der Waals surface area contributed by atoms with E-state index >= 15 is 0 Å². The van der Waals surface area contributed by atoms with E-state index in [9.17, 15) is 32.7 Å². The highest BCUT2D eigenvalue weighted by Gasteiger charge is 2.45. The second-order valence-corrected chi connectivity index (χ2v) is 14.6. The number of halogens is 4. The third-order valence-corrected chi connectivity index (χ3v) is 11.3. The summed E-state index contributed by atoms with van der Waals surface area (Å²) < 4.78 is 42.7. The lowest BCUT2D eigenvalue weighted by Crippen LogP contribution is -2.57. The molecule has 4 aliphatic rings. The van der Waals surface area contributed by atoms with Crippen LogP contribution in [0.1, 0.15) is 49.3 Å². The number of aromatic amines is 1. The van der Waals surface area contributed by atoms with E-state index in [1.54, 1.807) is 9.80 Å². The molecule has 2 bridgehead atoms. The number of nitrogens with one attached hydrogen (secondary N) is 2. The highest BCUT2D eigenvalue weighted by Crippen LogP contribution is 2.41. The number of hydrogen-bond acceptors (Lipinski definition) is 7. The van der Waals surface area contributed by atoms with Crippen LogP contribution in [0.4, 0.5) is 18.0 Å². The van der Waals surface area contributed by atoms with Crippen molar-refractivity contribution in [1.82, 2.24) is 39.7 Å². The zero-order chi connectivity index (χ0) is 36.0. The minimum atomic E-state index is -4.87. The maximum Gasteiger partial charge on any atom is 0.420 e. The van der Waals surface area contributed by atoms with Crippen LogP contribution in [0.3, 0.4) is 0 Å². The fourth-order valence-corrected chi connectivity index (χ4v) is 8.51. The number of alkyl halides is 3. The van der Waals surface area contributed by atoms with Crippen LogP contribution in [-0.4, -0.2) is 122 Å². The van der Waals surface area contributed by atoms with Crippen LogP contribution in [0.15, 0.2) is 47.3 Å². The number of nitrogens with zero attached hydrogens (tertiary/aromatic N) is 6. The largest absolute Gasteiger partial charge is 0.506 e. The van der Waals surface area contributed by atoms with Crippen molar-refractivity contribution < 1.29 is 27.9 Å². The monoisotopic (exact) mass is 730 g/mol. The molecule has 3 amide bonds. The molecule has 16 heteroatoms. The van der Waals surface area contributed by atoms with Crippen LogP contribution in [0.2, 0.25) is 5.02 Å². The summed E-state index contributed by atoms with van der Waals surface area (Å²) >= 11 is 6.01. The molecule has 3 N–H and O–H groups in total. The number of H-pyrrole nitrogens is 1. The Morgan fingerprint density at radius 1 is 0.980 bits per heavy atom. The summed E-state index contributed by atoms with van der Waals surface area (Å²) in [6.07, 6.45) is -1.55. The number of aromatic nitrogens is 3. The van der Waals surface area contributed by atoms with E-state index < -0.39 is 34.6 Å². The molecular weight excluding hydrogens is 689 g/mol. The van der Waals surface area contributed by atoms with Crippen molar-refractivity contribution in [3.63, 3.8) is 0 Å². The maximum absolute atomic E-state index is 14.1. The van der Waals surface area contributed by atoms with E-state index in [1.807, 2.05) is 30.3 Å². The van der Waals surface area contributed by atoms with Crippen LogP contribution in [0, 0.1) is 0 Å². The van der Waals surface area contributed by atoms with Gasteiger partial charge in [0, 0.05) is 69.4 Å². The molecule has 12 nitrogen and oxygen atoms in total. The summed E-state index contributed by atoms with van der Waals surface area (Å²) in [5.74, 6) is -1.01. The standard InChI is InChI=1S/C35H42ClF3N8O4/c1-43-19-26-18-25(43)20-46(26)23-7-11-44(12-8-23)32(49)29(17-21-15-27(35(37,38)39)30(48)28(36)16-21)40-33(50)45-13-9-24(10-14-45)47-34(51)41-31(42-47)22-5-3-2-4-6-22/h2-6,15-16,23-26,29,48H,7-14,17-20H2,1H3,(H,40,50)(H,41,42,51)/t25?,26?,29-/m1/s1. The van der Waals surface area contributed by atoms with Crippen LogP contribution in [-0.2, 0) is 17.4 Å². The minimum Gasteiger partial charge on any atom is -0.506 e. The number of aromatic hydroxyl groups is 1. The Morgan fingerprint density at radius 2 is 1.65 bits per heavy atom. The SMILES string of the molecule is CN1CC2CC1CN2C1CCN(C(=O)[C@@H](Cc2cc(Cl)c(O)c(C(F)(F)F)c2)NC(=O)N2CCC(n3nc(-c4ccccc4)[nH]c3=O)CC2)CC1. The summed E-state index contributed by atoms with van der Waals surface area (Å²) in [5, 5.41) is 16.8. The number of piperidine rings is 2. The van der Waals surface area contributed by atoms with Crippen LogP contribution < -0.4 is 11.0 Å². The van der Waals surface area contributed by atoms with Crippen molar-refractivity contribution in [2.75, 3.05) is 46.3 Å². The second kappa shape index (κ2) is 14.2. The normalized spacial score (nSPS) is 22.8. The first-order chi connectivity index (χ1) is 24.4. The predicted molar refractivity (Wildman–Crippen MR) is 183 cm³/mol. The van der Waals surface area contributed by atoms with Gasteiger partial charge in [0.1, 0.15) is 11.8 Å². The molecule has 4 fully saturated rings. The van der Waals surface area contributed by atoms with E-state index in [2.05, 4.69) is 32.2 Å². The number of fused-ring (bicyclic) bond motifs is 2. The van der Waals surface area contributed by atoms with Crippen molar-refractivity contribution in [3.8, 4) is 17.1 Å². The van der Waals surface area contributed by atoms with Crippen molar-refractivity contribution in [2.45, 2.75) is 74.9 Å². The molecule has 51 heavy (non-hydrogen) atoms. The number of carbonyl (C=O) groups is 2. The molecule has 3 atom stereocenters. The summed E-state index contributed by atoms with van der Waals surface area (Å²) in [6.45, 7) is 3.55. The zero-order valence-electron chi connectivity index (χ0n) is 28.3. The van der Waals surface area contributed by atoms with Crippen molar-refractivity contribution >= 4 is 23.5 Å². The molecule has 1 aromatic heterocycles. The highest BCUT2D eigenvalue weighted by molar-refractivity contribution is 6.32. The first-order valence-corrected chi connectivity index (χ1v) is 17.9. The number of phenols is 1. The number of likely N-dealkylation sites (tertiary alicyclic amines) is 4. The van der Waals surface area contributed by atoms with Gasteiger partial charge in [-0.15, -0.1) is 5.10 Å². The Balaban J connectivity index is 1.03. The number of urea groups is 1. The van der Waals surface area contributed by atoms with Gasteiger partial charge in [-0.25, -0.2) is 14.3 Å². The van der Waals surface area contributed by atoms with Crippen molar-refractivity contribution in [3.05, 3.63) is 69.1 Å². The predicted octanol–water partition coefficient (Wildman–Crippen LogP) is 3.95. The second-order valence-electron chi connectivity index (χ2n) is 14.2. The van der Waals surface area contributed by atoms with E-state index in [4.69, 9.17) is 11.6 Å². The van der Waals surface area contributed by atoms with Crippen LogP contribution >= 0.6 is 11.6 Å². The Hall–Kier alpha value is -4.08. The lowest BCUT2D eigenvalue weighted by molar-refractivity contribution is -0.138. The van der Waals surface area contributed by atoms with Crippen LogP contribution in [0.5, 0.6) is 5.75 Å².